The topological polar surface area (TPSA) is 41.1 Å². The van der Waals surface area contributed by atoms with E-state index in [1.165, 1.54) is 5.56 Å². The highest BCUT2D eigenvalue weighted by Gasteiger charge is 2.16. The summed E-state index contributed by atoms with van der Waals surface area (Å²) >= 11 is 0. The van der Waals surface area contributed by atoms with Crippen molar-refractivity contribution in [1.82, 2.24) is 5.32 Å². The van der Waals surface area contributed by atoms with Gasteiger partial charge in [0.25, 0.3) is 0 Å². The lowest BCUT2D eigenvalue weighted by Gasteiger charge is -2.17. The summed E-state index contributed by atoms with van der Waals surface area (Å²) in [5.74, 6) is 0.277. The van der Waals surface area contributed by atoms with Gasteiger partial charge in [-0.25, -0.2) is 0 Å². The van der Waals surface area contributed by atoms with Crippen LogP contribution < -0.4 is 10.6 Å². The van der Waals surface area contributed by atoms with Gasteiger partial charge in [0, 0.05) is 17.6 Å². The molecule has 2 N–H and O–H groups in total. The first-order chi connectivity index (χ1) is 10.1. The maximum atomic E-state index is 12.3. The van der Waals surface area contributed by atoms with Crippen LogP contribution in [0.4, 0.5) is 5.69 Å². The fourth-order valence-electron chi connectivity index (χ4n) is 2.53. The summed E-state index contributed by atoms with van der Waals surface area (Å²) in [5.41, 5.74) is 2.11. The van der Waals surface area contributed by atoms with Crippen LogP contribution in [0.15, 0.2) is 24.3 Å². The van der Waals surface area contributed by atoms with Gasteiger partial charge in [-0.15, -0.1) is 0 Å². The molecule has 1 amide bonds. The number of unbranched alkanes of at least 4 members (excludes halogenated alkanes) is 1. The van der Waals surface area contributed by atoms with Gasteiger partial charge in [-0.1, -0.05) is 45.7 Å². The van der Waals surface area contributed by atoms with E-state index in [1.54, 1.807) is 0 Å². The van der Waals surface area contributed by atoms with E-state index in [0.29, 0.717) is 6.04 Å². The highest BCUT2D eigenvalue weighted by Crippen LogP contribution is 2.20. The van der Waals surface area contributed by atoms with Gasteiger partial charge in [0.1, 0.15) is 0 Å². The second-order valence-corrected chi connectivity index (χ2v) is 5.64. The van der Waals surface area contributed by atoms with Crippen molar-refractivity contribution < 1.29 is 4.79 Å². The fraction of sp³-hybridized carbons (Fsp3) is 0.611. The second-order valence-electron chi connectivity index (χ2n) is 5.64. The van der Waals surface area contributed by atoms with Gasteiger partial charge in [-0.2, -0.15) is 0 Å². The lowest BCUT2D eigenvalue weighted by Crippen LogP contribution is -2.23. The number of carbonyl (C=O) groups is 1. The first-order valence-corrected chi connectivity index (χ1v) is 8.26. The first kappa shape index (κ1) is 17.7. The molecule has 21 heavy (non-hydrogen) atoms. The molecule has 0 saturated carbocycles. The molecule has 0 aliphatic carbocycles. The Hall–Kier alpha value is -1.35. The Morgan fingerprint density at radius 2 is 2.00 bits per heavy atom. The highest BCUT2D eigenvalue weighted by molar-refractivity contribution is 5.92. The number of benzene rings is 1. The molecule has 2 unspecified atom stereocenters. The van der Waals surface area contributed by atoms with Crippen molar-refractivity contribution in [2.24, 2.45) is 5.92 Å². The molecule has 0 aliphatic rings. The number of carbonyl (C=O) groups excluding carboxylic acids is 1. The van der Waals surface area contributed by atoms with Crippen LogP contribution in [0, 0.1) is 5.92 Å². The molecule has 2 atom stereocenters. The summed E-state index contributed by atoms with van der Waals surface area (Å²) in [4.78, 5) is 12.3. The highest BCUT2D eigenvalue weighted by atomic mass is 16.1. The quantitative estimate of drug-likeness (QED) is 0.702. The zero-order chi connectivity index (χ0) is 15.7. The predicted octanol–water partition coefficient (Wildman–Crippen LogP) is 4.51. The Balaban J connectivity index is 2.69. The normalized spacial score (nSPS) is 13.7. The van der Waals surface area contributed by atoms with Crippen molar-refractivity contribution in [3.63, 3.8) is 0 Å². The number of nitrogens with one attached hydrogen (secondary N) is 2. The van der Waals surface area contributed by atoms with Crippen molar-refractivity contribution in [3.05, 3.63) is 29.8 Å². The summed E-state index contributed by atoms with van der Waals surface area (Å²) in [5, 5.41) is 6.46. The number of anilines is 1. The molecule has 0 radical (unpaired) electrons. The molecule has 0 aliphatic heterocycles. The molecule has 0 spiro atoms. The third kappa shape index (κ3) is 5.88. The van der Waals surface area contributed by atoms with E-state index in [4.69, 9.17) is 0 Å². The fourth-order valence-corrected chi connectivity index (χ4v) is 2.53. The predicted molar refractivity (Wildman–Crippen MR) is 90.5 cm³/mol. The van der Waals surface area contributed by atoms with Crippen LogP contribution in [0.1, 0.15) is 65.0 Å². The van der Waals surface area contributed by atoms with Gasteiger partial charge in [-0.3, -0.25) is 4.79 Å². The number of hydrogen-bond donors (Lipinski definition) is 2. The van der Waals surface area contributed by atoms with Gasteiger partial charge >= 0.3 is 0 Å². The monoisotopic (exact) mass is 290 g/mol. The summed E-state index contributed by atoms with van der Waals surface area (Å²) in [7, 11) is 0. The third-order valence-electron chi connectivity index (χ3n) is 3.93. The van der Waals surface area contributed by atoms with E-state index in [1.807, 2.05) is 12.1 Å². The van der Waals surface area contributed by atoms with Crippen LogP contribution in [0.25, 0.3) is 0 Å². The molecular weight excluding hydrogens is 260 g/mol. The van der Waals surface area contributed by atoms with Gasteiger partial charge in [0.15, 0.2) is 0 Å². The van der Waals surface area contributed by atoms with Gasteiger partial charge in [0.05, 0.1) is 0 Å². The minimum absolute atomic E-state index is 0.125. The molecule has 1 aromatic rings. The molecule has 3 nitrogen and oxygen atoms in total. The average Bonchev–Trinajstić information content (AvgIpc) is 2.48. The van der Waals surface area contributed by atoms with Crippen molar-refractivity contribution >= 4 is 11.6 Å². The minimum atomic E-state index is 0.125. The smallest absolute Gasteiger partial charge is 0.227 e. The molecule has 1 aromatic carbocycles. The molecule has 0 saturated heterocycles. The average molecular weight is 290 g/mol. The van der Waals surface area contributed by atoms with E-state index in [9.17, 15) is 4.79 Å². The molecule has 0 aromatic heterocycles. The Morgan fingerprint density at radius 3 is 2.62 bits per heavy atom. The third-order valence-corrected chi connectivity index (χ3v) is 3.93. The van der Waals surface area contributed by atoms with Crippen molar-refractivity contribution in [3.8, 4) is 0 Å². The summed E-state index contributed by atoms with van der Waals surface area (Å²) in [6.45, 7) is 9.43. The zero-order valence-electron chi connectivity index (χ0n) is 13.9. The van der Waals surface area contributed by atoms with Crippen molar-refractivity contribution in [2.75, 3.05) is 11.9 Å². The van der Waals surface area contributed by atoms with E-state index >= 15 is 0 Å². The number of rotatable bonds is 9. The standard InChI is InChI=1S/C18H30N2O/c1-5-8-10-15(6-2)18(21)20-17-12-9-11-16(13-17)14(4)19-7-3/h9,11-15,19H,5-8,10H2,1-4H3,(H,20,21). The Kier molecular flexibility index (Phi) is 8.06. The second kappa shape index (κ2) is 9.56. The molecule has 118 valence electrons. The summed E-state index contributed by atoms with van der Waals surface area (Å²) in [6, 6.07) is 8.43. The first-order valence-electron chi connectivity index (χ1n) is 8.26. The maximum Gasteiger partial charge on any atom is 0.227 e. The maximum absolute atomic E-state index is 12.3. The molecule has 0 heterocycles. The summed E-state index contributed by atoms with van der Waals surface area (Å²) < 4.78 is 0. The molecule has 1 rings (SSSR count). The largest absolute Gasteiger partial charge is 0.326 e. The van der Waals surface area contributed by atoms with E-state index in [2.05, 4.69) is 50.5 Å². The lowest BCUT2D eigenvalue weighted by molar-refractivity contribution is -0.120. The molecular formula is C18H30N2O. The van der Waals surface area contributed by atoms with Crippen molar-refractivity contribution in [2.45, 2.75) is 59.4 Å². The van der Waals surface area contributed by atoms with Crippen LogP contribution in [0.2, 0.25) is 0 Å². The SMILES string of the molecule is CCCCC(CC)C(=O)Nc1cccc(C(C)NCC)c1. The van der Waals surface area contributed by atoms with E-state index < -0.39 is 0 Å². The van der Waals surface area contributed by atoms with Crippen molar-refractivity contribution in [1.29, 1.82) is 0 Å². The van der Waals surface area contributed by atoms with Gasteiger partial charge < -0.3 is 10.6 Å². The van der Waals surface area contributed by atoms with Crippen LogP contribution >= 0.6 is 0 Å². The summed E-state index contributed by atoms with van der Waals surface area (Å²) in [6.07, 6.45) is 4.13. The van der Waals surface area contributed by atoms with Crippen LogP contribution in [0.5, 0.6) is 0 Å². The van der Waals surface area contributed by atoms with Gasteiger partial charge in [0.2, 0.25) is 5.91 Å². The number of amides is 1. The van der Waals surface area contributed by atoms with Crippen LogP contribution in [0.3, 0.4) is 0 Å². The Morgan fingerprint density at radius 1 is 1.24 bits per heavy atom. The minimum Gasteiger partial charge on any atom is -0.326 e. The molecule has 0 fully saturated rings. The molecule has 0 bridgehead atoms. The Labute approximate surface area is 129 Å². The van der Waals surface area contributed by atoms with Crippen LogP contribution in [-0.4, -0.2) is 12.5 Å². The van der Waals surface area contributed by atoms with Gasteiger partial charge in [-0.05, 0) is 44.0 Å². The lowest BCUT2D eigenvalue weighted by atomic mass is 9.98. The number of hydrogen-bond acceptors (Lipinski definition) is 2. The van der Waals surface area contributed by atoms with Crippen LogP contribution in [-0.2, 0) is 4.79 Å². The van der Waals surface area contributed by atoms with E-state index in [-0.39, 0.29) is 11.8 Å². The van der Waals surface area contributed by atoms with E-state index in [0.717, 1.165) is 37.9 Å². The zero-order valence-corrected chi connectivity index (χ0v) is 13.9. The Bertz CT molecular complexity index is 431. The molecule has 3 heteroatoms.